The molecule has 0 unspecified atom stereocenters. The van der Waals surface area contributed by atoms with E-state index in [9.17, 15) is 0 Å². The normalized spacial score (nSPS) is 10.0. The highest BCUT2D eigenvalue weighted by atomic mass is 35.5. The summed E-state index contributed by atoms with van der Waals surface area (Å²) in [5, 5.41) is 0.728. The van der Waals surface area contributed by atoms with Crippen molar-refractivity contribution in [3.05, 3.63) is 28.8 Å². The van der Waals surface area contributed by atoms with E-state index >= 15 is 0 Å². The van der Waals surface area contributed by atoms with Crippen LogP contribution >= 0.6 is 11.6 Å². The van der Waals surface area contributed by atoms with E-state index in [-0.39, 0.29) is 0 Å². The van der Waals surface area contributed by atoms with Crippen LogP contribution in [0.2, 0.25) is 5.02 Å². The number of ether oxygens (including phenoxy) is 1. The number of rotatable bonds is 4. The Hall–Kier alpha value is -1.42. The van der Waals surface area contributed by atoms with Gasteiger partial charge in [0, 0.05) is 39.8 Å². The molecule has 0 fully saturated rings. The highest BCUT2D eigenvalue weighted by Gasteiger charge is 2.05. The molecule has 0 radical (unpaired) electrons. The summed E-state index contributed by atoms with van der Waals surface area (Å²) < 4.78 is 5.13. The summed E-state index contributed by atoms with van der Waals surface area (Å²) in [5.41, 5.74) is 1.09. The van der Waals surface area contributed by atoms with Crippen molar-refractivity contribution in [1.82, 2.24) is 9.80 Å². The third-order valence-electron chi connectivity index (χ3n) is 2.69. The van der Waals surface area contributed by atoms with Gasteiger partial charge in [-0.25, -0.2) is 0 Å². The minimum Gasteiger partial charge on any atom is -0.497 e. The van der Waals surface area contributed by atoms with Crippen LogP contribution in [-0.2, 0) is 6.42 Å². The van der Waals surface area contributed by atoms with Crippen LogP contribution in [0.4, 0.5) is 0 Å². The Morgan fingerprint density at radius 1 is 1.21 bits per heavy atom. The predicted molar refractivity (Wildman–Crippen MR) is 81.4 cm³/mol. The number of benzene rings is 1. The van der Waals surface area contributed by atoms with E-state index in [4.69, 9.17) is 16.3 Å². The van der Waals surface area contributed by atoms with Gasteiger partial charge in [0.15, 0.2) is 5.96 Å². The average Bonchev–Trinajstić information content (AvgIpc) is 2.35. The fourth-order valence-electron chi connectivity index (χ4n) is 1.82. The summed E-state index contributed by atoms with van der Waals surface area (Å²) >= 11 is 6.20. The van der Waals surface area contributed by atoms with Gasteiger partial charge in [-0.3, -0.25) is 4.99 Å². The maximum Gasteiger partial charge on any atom is 0.195 e. The molecule has 19 heavy (non-hydrogen) atoms. The molecular weight excluding hydrogens is 262 g/mol. The molecule has 0 amide bonds. The predicted octanol–water partition coefficient (Wildman–Crippen LogP) is 2.37. The second-order valence-corrected chi connectivity index (χ2v) is 5.09. The Kier molecular flexibility index (Phi) is 5.96. The zero-order chi connectivity index (χ0) is 14.4. The largest absolute Gasteiger partial charge is 0.497 e. The lowest BCUT2D eigenvalue weighted by atomic mass is 10.1. The quantitative estimate of drug-likeness (QED) is 0.627. The van der Waals surface area contributed by atoms with Crippen molar-refractivity contribution in [3.63, 3.8) is 0 Å². The van der Waals surface area contributed by atoms with E-state index < -0.39 is 0 Å². The van der Waals surface area contributed by atoms with Gasteiger partial charge in [-0.15, -0.1) is 0 Å². The molecule has 0 heterocycles. The summed E-state index contributed by atoms with van der Waals surface area (Å²) in [6.45, 7) is 0.706. The van der Waals surface area contributed by atoms with Crippen LogP contribution in [-0.4, -0.2) is 57.6 Å². The Balaban J connectivity index is 2.69. The monoisotopic (exact) mass is 283 g/mol. The van der Waals surface area contributed by atoms with E-state index in [0.717, 1.165) is 28.7 Å². The fourth-order valence-corrected chi connectivity index (χ4v) is 2.08. The van der Waals surface area contributed by atoms with Crippen molar-refractivity contribution in [3.8, 4) is 5.75 Å². The van der Waals surface area contributed by atoms with E-state index in [2.05, 4.69) is 4.99 Å². The first-order valence-electron chi connectivity index (χ1n) is 6.17. The molecular formula is C14H22ClN3O. The van der Waals surface area contributed by atoms with Crippen molar-refractivity contribution >= 4 is 17.6 Å². The molecule has 1 aromatic rings. The molecule has 0 atom stereocenters. The van der Waals surface area contributed by atoms with Gasteiger partial charge in [0.05, 0.1) is 7.11 Å². The molecule has 106 valence electrons. The second-order valence-electron chi connectivity index (χ2n) is 4.68. The number of methoxy groups -OCH3 is 1. The van der Waals surface area contributed by atoms with Gasteiger partial charge in [-0.05, 0) is 24.1 Å². The van der Waals surface area contributed by atoms with Gasteiger partial charge < -0.3 is 14.5 Å². The lowest BCUT2D eigenvalue weighted by molar-refractivity contribution is 0.414. The van der Waals surface area contributed by atoms with Gasteiger partial charge in [-0.2, -0.15) is 0 Å². The molecule has 0 N–H and O–H groups in total. The third-order valence-corrected chi connectivity index (χ3v) is 3.05. The standard InChI is InChI=1S/C14H22ClN3O/c1-17(2)14(18(3)4)16-9-8-11-6-7-12(19-5)10-13(11)15/h6-7,10H,8-9H2,1-5H3. The van der Waals surface area contributed by atoms with Gasteiger partial charge in [-0.1, -0.05) is 17.7 Å². The summed E-state index contributed by atoms with van der Waals surface area (Å²) in [4.78, 5) is 8.57. The zero-order valence-corrected chi connectivity index (χ0v) is 13.0. The van der Waals surface area contributed by atoms with E-state index in [1.165, 1.54) is 0 Å². The molecule has 0 aromatic heterocycles. The second kappa shape index (κ2) is 7.24. The molecule has 1 rings (SSSR count). The molecule has 5 heteroatoms. The van der Waals surface area contributed by atoms with Crippen molar-refractivity contribution in [1.29, 1.82) is 0 Å². The van der Waals surface area contributed by atoms with Crippen LogP contribution in [0.3, 0.4) is 0 Å². The van der Waals surface area contributed by atoms with Crippen LogP contribution in [0.1, 0.15) is 5.56 Å². The summed E-state index contributed by atoms with van der Waals surface area (Å²) in [7, 11) is 9.58. The topological polar surface area (TPSA) is 28.1 Å². The molecule has 0 saturated heterocycles. The number of hydrogen-bond acceptors (Lipinski definition) is 2. The number of aliphatic imine (C=N–C) groups is 1. The van der Waals surface area contributed by atoms with Crippen LogP contribution in [0.25, 0.3) is 0 Å². The van der Waals surface area contributed by atoms with Crippen molar-refractivity contribution in [2.45, 2.75) is 6.42 Å². The SMILES string of the molecule is COc1ccc(CCN=C(N(C)C)N(C)C)c(Cl)c1. The Morgan fingerprint density at radius 3 is 2.32 bits per heavy atom. The van der Waals surface area contributed by atoms with Gasteiger partial charge in [0.25, 0.3) is 0 Å². The highest BCUT2D eigenvalue weighted by Crippen LogP contribution is 2.22. The first-order valence-corrected chi connectivity index (χ1v) is 6.55. The van der Waals surface area contributed by atoms with Crippen LogP contribution in [0, 0.1) is 0 Å². The van der Waals surface area contributed by atoms with Crippen molar-refractivity contribution in [2.75, 3.05) is 41.8 Å². The number of halogens is 1. The van der Waals surface area contributed by atoms with E-state index in [1.807, 2.05) is 56.2 Å². The molecule has 0 aliphatic rings. The lowest BCUT2D eigenvalue weighted by Crippen LogP contribution is -2.35. The third kappa shape index (κ3) is 4.63. The highest BCUT2D eigenvalue weighted by molar-refractivity contribution is 6.31. The smallest absolute Gasteiger partial charge is 0.195 e. The Labute approximate surface area is 120 Å². The van der Waals surface area contributed by atoms with Gasteiger partial charge in [0.1, 0.15) is 5.75 Å². The van der Waals surface area contributed by atoms with Crippen LogP contribution < -0.4 is 4.74 Å². The van der Waals surface area contributed by atoms with Gasteiger partial charge in [0.2, 0.25) is 0 Å². The van der Waals surface area contributed by atoms with E-state index in [1.54, 1.807) is 7.11 Å². The number of nitrogens with zero attached hydrogens (tertiary/aromatic N) is 3. The minimum absolute atomic E-state index is 0.706. The Bertz CT molecular complexity index is 434. The van der Waals surface area contributed by atoms with Gasteiger partial charge >= 0.3 is 0 Å². The first-order chi connectivity index (χ1) is 8.95. The zero-order valence-electron chi connectivity index (χ0n) is 12.3. The maximum atomic E-state index is 6.20. The summed E-state index contributed by atoms with van der Waals surface area (Å²) in [6.07, 6.45) is 0.813. The molecule has 0 aliphatic carbocycles. The van der Waals surface area contributed by atoms with E-state index in [0.29, 0.717) is 6.54 Å². The number of hydrogen-bond donors (Lipinski definition) is 0. The van der Waals surface area contributed by atoms with Crippen molar-refractivity contribution < 1.29 is 4.74 Å². The molecule has 1 aromatic carbocycles. The minimum atomic E-state index is 0.706. The van der Waals surface area contributed by atoms with Crippen molar-refractivity contribution in [2.24, 2.45) is 4.99 Å². The molecule has 0 bridgehead atoms. The first kappa shape index (κ1) is 15.6. The summed E-state index contributed by atoms with van der Waals surface area (Å²) in [5.74, 6) is 1.73. The molecule has 4 nitrogen and oxygen atoms in total. The lowest BCUT2D eigenvalue weighted by Gasteiger charge is -2.22. The Morgan fingerprint density at radius 2 is 1.84 bits per heavy atom. The van der Waals surface area contributed by atoms with Crippen LogP contribution in [0.15, 0.2) is 23.2 Å². The number of guanidine groups is 1. The summed E-state index contributed by atoms with van der Waals surface area (Å²) in [6, 6.07) is 5.74. The average molecular weight is 284 g/mol. The van der Waals surface area contributed by atoms with Crippen LogP contribution in [0.5, 0.6) is 5.75 Å². The molecule has 0 saturated carbocycles. The fraction of sp³-hybridized carbons (Fsp3) is 0.500. The molecule has 0 aliphatic heterocycles. The molecule has 0 spiro atoms. The maximum absolute atomic E-state index is 6.20.